The summed E-state index contributed by atoms with van der Waals surface area (Å²) in [6.45, 7) is 9.64. The van der Waals surface area contributed by atoms with E-state index < -0.39 is 0 Å². The molecule has 0 bridgehead atoms. The molecule has 0 spiro atoms. The van der Waals surface area contributed by atoms with Crippen LogP contribution < -0.4 is 0 Å². The van der Waals surface area contributed by atoms with E-state index in [1.54, 1.807) is 0 Å². The lowest BCUT2D eigenvalue weighted by Gasteiger charge is -2.07. The maximum atomic E-state index is 11.5. The van der Waals surface area contributed by atoms with E-state index in [1.807, 2.05) is 0 Å². The molecule has 0 atom stereocenters. The molecule has 0 fully saturated rings. The minimum Gasteiger partial charge on any atom is -0.466 e. The van der Waals surface area contributed by atoms with Crippen LogP contribution in [0.15, 0.2) is 0 Å². The molecule has 154 valence electrons. The van der Waals surface area contributed by atoms with Gasteiger partial charge < -0.3 is 9.47 Å². The number of carbonyl (C=O) groups is 2. The van der Waals surface area contributed by atoms with Crippen LogP contribution in [0.4, 0.5) is 0 Å². The number of carbonyl (C=O) groups excluding carboxylic acids is 2. The summed E-state index contributed by atoms with van der Waals surface area (Å²) >= 11 is 0. The van der Waals surface area contributed by atoms with Gasteiger partial charge in [0.15, 0.2) is 0 Å². The quantitative estimate of drug-likeness (QED) is 0.230. The Morgan fingerprint density at radius 3 is 1.19 bits per heavy atom. The SMILES string of the molecule is CC(C)CCOC(=O)CCCCCCCCCCC(=O)OCCC(C)C. The second-order valence-electron chi connectivity index (χ2n) is 8.13. The van der Waals surface area contributed by atoms with Crippen molar-refractivity contribution in [3.05, 3.63) is 0 Å². The van der Waals surface area contributed by atoms with Crippen molar-refractivity contribution in [2.24, 2.45) is 11.8 Å². The van der Waals surface area contributed by atoms with Crippen molar-refractivity contribution in [2.75, 3.05) is 13.2 Å². The highest BCUT2D eigenvalue weighted by Crippen LogP contribution is 2.11. The molecule has 0 aromatic heterocycles. The van der Waals surface area contributed by atoms with Crippen molar-refractivity contribution in [3.63, 3.8) is 0 Å². The number of esters is 2. The van der Waals surface area contributed by atoms with Crippen LogP contribution in [0.5, 0.6) is 0 Å². The number of ether oxygens (including phenoxy) is 2. The van der Waals surface area contributed by atoms with Crippen molar-refractivity contribution < 1.29 is 19.1 Å². The van der Waals surface area contributed by atoms with Gasteiger partial charge in [0.2, 0.25) is 0 Å². The Morgan fingerprint density at radius 2 is 0.885 bits per heavy atom. The number of unbranched alkanes of at least 4 members (excludes halogenated alkanes) is 7. The van der Waals surface area contributed by atoms with E-state index in [9.17, 15) is 9.59 Å². The van der Waals surface area contributed by atoms with Crippen molar-refractivity contribution in [1.29, 1.82) is 0 Å². The molecule has 0 aromatic carbocycles. The zero-order chi connectivity index (χ0) is 19.6. The van der Waals surface area contributed by atoms with E-state index >= 15 is 0 Å². The molecular weight excluding hydrogens is 328 g/mol. The summed E-state index contributed by atoms with van der Waals surface area (Å²) in [4.78, 5) is 23.1. The molecule has 0 radical (unpaired) electrons. The van der Waals surface area contributed by atoms with E-state index in [-0.39, 0.29) is 11.9 Å². The lowest BCUT2D eigenvalue weighted by molar-refractivity contribution is -0.145. The lowest BCUT2D eigenvalue weighted by atomic mass is 10.1. The van der Waals surface area contributed by atoms with Crippen molar-refractivity contribution in [3.8, 4) is 0 Å². The smallest absolute Gasteiger partial charge is 0.305 e. The predicted octanol–water partition coefficient (Wildman–Crippen LogP) is 6.07. The Morgan fingerprint density at radius 1 is 0.577 bits per heavy atom. The topological polar surface area (TPSA) is 52.6 Å². The largest absolute Gasteiger partial charge is 0.466 e. The molecule has 0 saturated heterocycles. The van der Waals surface area contributed by atoms with E-state index in [4.69, 9.17) is 9.47 Å². The Balaban J connectivity index is 3.26. The third-order valence-electron chi connectivity index (χ3n) is 4.43. The van der Waals surface area contributed by atoms with Crippen molar-refractivity contribution >= 4 is 11.9 Å². The highest BCUT2D eigenvalue weighted by atomic mass is 16.5. The molecule has 0 unspecified atom stereocenters. The van der Waals surface area contributed by atoms with Gasteiger partial charge in [0.25, 0.3) is 0 Å². The molecule has 0 N–H and O–H groups in total. The van der Waals surface area contributed by atoms with Crippen LogP contribution in [0.2, 0.25) is 0 Å². The molecule has 0 aliphatic heterocycles. The van der Waals surface area contributed by atoms with E-state index in [0.717, 1.165) is 38.5 Å². The minimum atomic E-state index is -0.0501. The summed E-state index contributed by atoms with van der Waals surface area (Å²) in [5.74, 6) is 1.06. The maximum absolute atomic E-state index is 11.5. The molecule has 4 nitrogen and oxygen atoms in total. The predicted molar refractivity (Wildman–Crippen MR) is 107 cm³/mol. The zero-order valence-corrected chi connectivity index (χ0v) is 17.7. The molecule has 0 rings (SSSR count). The van der Waals surface area contributed by atoms with Gasteiger partial charge in [0, 0.05) is 12.8 Å². The van der Waals surface area contributed by atoms with Gasteiger partial charge in [-0.2, -0.15) is 0 Å². The summed E-state index contributed by atoms with van der Waals surface area (Å²) in [7, 11) is 0. The lowest BCUT2D eigenvalue weighted by Crippen LogP contribution is -2.07. The Hall–Kier alpha value is -1.06. The Labute approximate surface area is 161 Å². The second kappa shape index (κ2) is 17.4. The van der Waals surface area contributed by atoms with Gasteiger partial charge in [0.05, 0.1) is 13.2 Å². The van der Waals surface area contributed by atoms with Gasteiger partial charge in [-0.3, -0.25) is 9.59 Å². The van der Waals surface area contributed by atoms with E-state index in [0.29, 0.717) is 37.9 Å². The monoisotopic (exact) mass is 370 g/mol. The van der Waals surface area contributed by atoms with Crippen LogP contribution >= 0.6 is 0 Å². The molecule has 0 aliphatic rings. The van der Waals surface area contributed by atoms with E-state index in [1.165, 1.54) is 25.7 Å². The third-order valence-corrected chi connectivity index (χ3v) is 4.43. The molecule has 0 saturated carbocycles. The average Bonchev–Trinajstić information content (AvgIpc) is 2.55. The van der Waals surface area contributed by atoms with Crippen LogP contribution in [0.3, 0.4) is 0 Å². The molecule has 4 heteroatoms. The fourth-order valence-electron chi connectivity index (χ4n) is 2.56. The normalized spacial score (nSPS) is 11.2. The standard InChI is InChI=1S/C22H42O4/c1-19(2)15-17-25-21(23)13-11-9-7-5-6-8-10-12-14-22(24)26-18-16-20(3)4/h19-20H,5-18H2,1-4H3. The first-order chi connectivity index (χ1) is 12.4. The van der Waals surface area contributed by atoms with Gasteiger partial charge >= 0.3 is 11.9 Å². The van der Waals surface area contributed by atoms with Gasteiger partial charge in [-0.1, -0.05) is 66.2 Å². The summed E-state index contributed by atoms with van der Waals surface area (Å²) in [5.41, 5.74) is 0. The first-order valence-corrected chi connectivity index (χ1v) is 10.7. The molecule has 26 heavy (non-hydrogen) atoms. The second-order valence-corrected chi connectivity index (χ2v) is 8.13. The Bertz CT molecular complexity index is 316. The number of hydrogen-bond donors (Lipinski definition) is 0. The number of rotatable bonds is 17. The van der Waals surface area contributed by atoms with Gasteiger partial charge in [-0.25, -0.2) is 0 Å². The van der Waals surface area contributed by atoms with Crippen molar-refractivity contribution in [1.82, 2.24) is 0 Å². The highest BCUT2D eigenvalue weighted by Gasteiger charge is 2.04. The first kappa shape index (κ1) is 24.9. The molecule has 0 aliphatic carbocycles. The fraction of sp³-hybridized carbons (Fsp3) is 0.909. The molecular formula is C22H42O4. The molecule has 0 heterocycles. The Kier molecular flexibility index (Phi) is 16.7. The van der Waals surface area contributed by atoms with Gasteiger partial charge in [-0.05, 0) is 37.5 Å². The maximum Gasteiger partial charge on any atom is 0.305 e. The van der Waals surface area contributed by atoms with Crippen LogP contribution in [-0.2, 0) is 19.1 Å². The highest BCUT2D eigenvalue weighted by molar-refractivity contribution is 5.69. The van der Waals surface area contributed by atoms with Crippen LogP contribution in [0.1, 0.15) is 105 Å². The van der Waals surface area contributed by atoms with Gasteiger partial charge in [0.1, 0.15) is 0 Å². The van der Waals surface area contributed by atoms with Crippen LogP contribution in [0, 0.1) is 11.8 Å². The molecule has 0 aromatic rings. The average molecular weight is 371 g/mol. The van der Waals surface area contributed by atoms with Crippen molar-refractivity contribution in [2.45, 2.75) is 105 Å². The summed E-state index contributed by atoms with van der Waals surface area (Å²) in [6, 6.07) is 0. The first-order valence-electron chi connectivity index (χ1n) is 10.7. The fourth-order valence-corrected chi connectivity index (χ4v) is 2.56. The summed E-state index contributed by atoms with van der Waals surface area (Å²) in [6.07, 6.45) is 11.8. The van der Waals surface area contributed by atoms with Crippen LogP contribution in [0.25, 0.3) is 0 Å². The number of hydrogen-bond acceptors (Lipinski definition) is 4. The minimum absolute atomic E-state index is 0.0501. The zero-order valence-electron chi connectivity index (χ0n) is 17.7. The van der Waals surface area contributed by atoms with Gasteiger partial charge in [-0.15, -0.1) is 0 Å². The summed E-state index contributed by atoms with van der Waals surface area (Å²) < 4.78 is 10.4. The van der Waals surface area contributed by atoms with E-state index in [2.05, 4.69) is 27.7 Å². The summed E-state index contributed by atoms with van der Waals surface area (Å²) in [5, 5.41) is 0. The molecule has 0 amide bonds. The van der Waals surface area contributed by atoms with Crippen LogP contribution in [-0.4, -0.2) is 25.2 Å². The third kappa shape index (κ3) is 19.3.